The molecule has 2 aromatic carbocycles. The fourth-order valence-corrected chi connectivity index (χ4v) is 6.72. The first-order valence-electron chi connectivity index (χ1n) is 12.8. The molecule has 0 radical (unpaired) electrons. The first kappa shape index (κ1) is 23.2. The zero-order valence-electron chi connectivity index (χ0n) is 21.3. The molecule has 1 saturated heterocycles. The number of aryl methyl sites for hydroxylation is 1. The van der Waals surface area contributed by atoms with E-state index in [4.69, 9.17) is 16.7 Å². The summed E-state index contributed by atoms with van der Waals surface area (Å²) < 4.78 is 2.19. The second-order valence-electron chi connectivity index (χ2n) is 10.9. The average Bonchev–Trinajstić information content (AvgIpc) is 3.47. The maximum Gasteiger partial charge on any atom is 0.245 e. The number of amides is 1. The number of hydrogen-bond acceptors (Lipinski definition) is 4. The molecule has 7 nitrogen and oxygen atoms in total. The minimum absolute atomic E-state index is 0.0173. The zero-order chi connectivity index (χ0) is 26.2. The number of nitrogens with zero attached hydrogens (tertiary/aromatic N) is 5. The monoisotopic (exact) mass is 522 g/mol. The van der Waals surface area contributed by atoms with Crippen LogP contribution in [0.15, 0.2) is 61.6 Å². The molecule has 0 atom stereocenters. The third-order valence-corrected chi connectivity index (χ3v) is 8.89. The average molecular weight is 523 g/mol. The van der Waals surface area contributed by atoms with Crippen LogP contribution in [0.5, 0.6) is 0 Å². The first-order valence-corrected chi connectivity index (χ1v) is 13.2. The summed E-state index contributed by atoms with van der Waals surface area (Å²) in [5.74, 6) is 0.0173. The lowest BCUT2D eigenvalue weighted by molar-refractivity contribution is -0.149. The minimum atomic E-state index is 0.0173. The third kappa shape index (κ3) is 3.34. The van der Waals surface area contributed by atoms with Crippen molar-refractivity contribution in [3.05, 3.63) is 77.9 Å². The van der Waals surface area contributed by atoms with Crippen LogP contribution in [-0.4, -0.2) is 48.9 Å². The zero-order valence-corrected chi connectivity index (χ0v) is 22.1. The molecule has 1 amide bonds. The highest BCUT2D eigenvalue weighted by Gasteiger charge is 2.54. The van der Waals surface area contributed by atoms with Gasteiger partial charge in [0.2, 0.25) is 5.91 Å². The number of nitrogens with one attached hydrogen (secondary N) is 1. The number of carbonyl (C=O) groups excluding carboxylic acids is 1. The smallest absolute Gasteiger partial charge is 0.245 e. The molecule has 1 saturated carbocycles. The molecule has 7 rings (SSSR count). The van der Waals surface area contributed by atoms with E-state index in [1.54, 1.807) is 0 Å². The highest BCUT2D eigenvalue weighted by molar-refractivity contribution is 6.36. The Kier molecular flexibility index (Phi) is 5.04. The van der Waals surface area contributed by atoms with Crippen LogP contribution in [0.25, 0.3) is 44.1 Å². The lowest BCUT2D eigenvalue weighted by Crippen LogP contribution is -2.63. The number of aromatic nitrogens is 5. The van der Waals surface area contributed by atoms with Crippen LogP contribution in [-0.2, 0) is 4.79 Å². The molecule has 1 aliphatic heterocycles. The maximum atomic E-state index is 12.0. The van der Waals surface area contributed by atoms with Crippen molar-refractivity contribution < 1.29 is 4.79 Å². The molecular weight excluding hydrogens is 496 g/mol. The predicted molar refractivity (Wildman–Crippen MR) is 150 cm³/mol. The van der Waals surface area contributed by atoms with Gasteiger partial charge in [0.25, 0.3) is 0 Å². The van der Waals surface area contributed by atoms with Gasteiger partial charge in [0.05, 0.1) is 22.8 Å². The van der Waals surface area contributed by atoms with Crippen LogP contribution in [0.2, 0.25) is 5.02 Å². The Morgan fingerprint density at radius 2 is 1.95 bits per heavy atom. The highest BCUT2D eigenvalue weighted by Crippen LogP contribution is 2.55. The number of pyridine rings is 1. The molecule has 190 valence electrons. The summed E-state index contributed by atoms with van der Waals surface area (Å²) in [7, 11) is 0. The van der Waals surface area contributed by atoms with Crippen LogP contribution in [0.4, 0.5) is 0 Å². The number of carbonyl (C=O) groups is 1. The molecule has 2 aliphatic rings. The van der Waals surface area contributed by atoms with Gasteiger partial charge in [-0.1, -0.05) is 30.3 Å². The number of rotatable bonds is 4. The number of likely N-dealkylation sites (tertiary alicyclic amines) is 1. The first-order chi connectivity index (χ1) is 18.4. The van der Waals surface area contributed by atoms with Gasteiger partial charge in [-0.3, -0.25) is 19.6 Å². The topological polar surface area (TPSA) is 79.7 Å². The van der Waals surface area contributed by atoms with Gasteiger partial charge in [0.15, 0.2) is 0 Å². The molecule has 4 heterocycles. The SMILES string of the molecule is C=CC(=O)N1CC2(CC(n3nc(-c4ccc5cnccc5c4)c(-c4c(Cl)c(C)cc5[nH]ncc45)c3C)C2)C1. The minimum Gasteiger partial charge on any atom is -0.338 e. The van der Waals surface area contributed by atoms with E-state index in [1.807, 2.05) is 42.5 Å². The van der Waals surface area contributed by atoms with E-state index in [2.05, 4.69) is 51.6 Å². The molecule has 2 fully saturated rings. The van der Waals surface area contributed by atoms with Crippen LogP contribution in [0.1, 0.15) is 30.1 Å². The Hall–Kier alpha value is -3.97. The molecule has 0 bridgehead atoms. The lowest BCUT2D eigenvalue weighted by Gasteiger charge is -2.58. The van der Waals surface area contributed by atoms with Gasteiger partial charge in [-0.25, -0.2) is 0 Å². The molecule has 8 heteroatoms. The van der Waals surface area contributed by atoms with E-state index in [1.165, 1.54) is 6.08 Å². The summed E-state index contributed by atoms with van der Waals surface area (Å²) >= 11 is 7.03. The van der Waals surface area contributed by atoms with Crippen LogP contribution < -0.4 is 0 Å². The Bertz CT molecular complexity index is 1770. The van der Waals surface area contributed by atoms with Gasteiger partial charge in [0.1, 0.15) is 5.69 Å². The normalized spacial score (nSPS) is 16.7. The van der Waals surface area contributed by atoms with E-state index >= 15 is 0 Å². The van der Waals surface area contributed by atoms with Gasteiger partial charge in [0, 0.05) is 64.1 Å². The van der Waals surface area contributed by atoms with Crippen molar-refractivity contribution >= 4 is 39.2 Å². The summed E-state index contributed by atoms with van der Waals surface area (Å²) in [4.78, 5) is 18.1. The summed E-state index contributed by atoms with van der Waals surface area (Å²) in [5, 5.41) is 16.6. The fraction of sp³-hybridized carbons (Fsp3) is 0.267. The van der Waals surface area contributed by atoms with Gasteiger partial charge >= 0.3 is 0 Å². The largest absolute Gasteiger partial charge is 0.338 e. The summed E-state index contributed by atoms with van der Waals surface area (Å²) in [6.45, 7) is 9.38. The summed E-state index contributed by atoms with van der Waals surface area (Å²) in [6.07, 6.45) is 8.95. The molecule has 1 spiro atoms. The maximum absolute atomic E-state index is 12.0. The molecule has 3 aromatic heterocycles. The van der Waals surface area contributed by atoms with Crippen LogP contribution >= 0.6 is 11.6 Å². The van der Waals surface area contributed by atoms with E-state index in [0.29, 0.717) is 0 Å². The van der Waals surface area contributed by atoms with Crippen molar-refractivity contribution in [1.29, 1.82) is 0 Å². The number of hydrogen-bond donors (Lipinski definition) is 1. The van der Waals surface area contributed by atoms with E-state index in [-0.39, 0.29) is 17.4 Å². The van der Waals surface area contributed by atoms with Crippen LogP contribution in [0.3, 0.4) is 0 Å². The fourth-order valence-electron chi connectivity index (χ4n) is 6.47. The Labute approximate surface area is 225 Å². The molecule has 1 aliphatic carbocycles. The molecule has 0 unspecified atom stereocenters. The number of benzene rings is 2. The van der Waals surface area contributed by atoms with E-state index < -0.39 is 0 Å². The summed E-state index contributed by atoms with van der Waals surface area (Å²) in [5.41, 5.74) is 7.17. The van der Waals surface area contributed by atoms with Crippen molar-refractivity contribution in [2.24, 2.45) is 5.41 Å². The molecular formula is C30H27ClN6O. The second kappa shape index (κ2) is 8.27. The van der Waals surface area contributed by atoms with Gasteiger partial charge < -0.3 is 4.90 Å². The predicted octanol–water partition coefficient (Wildman–Crippen LogP) is 6.26. The second-order valence-corrected chi connectivity index (χ2v) is 11.2. The standard InChI is InChI=1S/C30H27ClN6O/c1-4-25(38)36-15-30(16-36)11-22(12-30)37-18(3)26(27-23-14-33-34-24(23)9-17(2)28(27)31)29(35-37)20-5-6-21-13-32-8-7-19(21)10-20/h4-10,13-14,22H,1,11-12,15-16H2,2-3H3,(H,33,34). The number of H-pyrrole nitrogens is 1. The Morgan fingerprint density at radius 1 is 1.13 bits per heavy atom. The molecule has 5 aromatic rings. The van der Waals surface area contributed by atoms with Crippen LogP contribution in [0, 0.1) is 19.3 Å². The lowest BCUT2D eigenvalue weighted by atomic mass is 9.60. The van der Waals surface area contributed by atoms with Crippen molar-refractivity contribution in [3.8, 4) is 22.4 Å². The van der Waals surface area contributed by atoms with Gasteiger partial charge in [-0.2, -0.15) is 10.2 Å². The van der Waals surface area contributed by atoms with Gasteiger partial charge in [-0.15, -0.1) is 0 Å². The summed E-state index contributed by atoms with van der Waals surface area (Å²) in [6, 6.07) is 10.7. The van der Waals surface area contributed by atoms with Crippen molar-refractivity contribution in [1.82, 2.24) is 29.9 Å². The molecule has 1 N–H and O–H groups in total. The Balaban J connectivity index is 1.36. The van der Waals surface area contributed by atoms with Gasteiger partial charge in [-0.05, 0) is 61.9 Å². The number of aromatic amines is 1. The third-order valence-electron chi connectivity index (χ3n) is 8.40. The molecule has 38 heavy (non-hydrogen) atoms. The quantitative estimate of drug-likeness (QED) is 0.282. The number of fused-ring (bicyclic) bond motifs is 2. The van der Waals surface area contributed by atoms with Crippen molar-refractivity contribution in [3.63, 3.8) is 0 Å². The van der Waals surface area contributed by atoms with Crippen molar-refractivity contribution in [2.75, 3.05) is 13.1 Å². The van der Waals surface area contributed by atoms with E-state index in [9.17, 15) is 4.79 Å². The number of halogens is 1. The van der Waals surface area contributed by atoms with Crippen molar-refractivity contribution in [2.45, 2.75) is 32.7 Å². The highest BCUT2D eigenvalue weighted by atomic mass is 35.5. The van der Waals surface area contributed by atoms with E-state index in [0.717, 1.165) is 86.3 Å². The Morgan fingerprint density at radius 3 is 2.74 bits per heavy atom.